The van der Waals surface area contributed by atoms with Gasteiger partial charge in [0.1, 0.15) is 0 Å². The van der Waals surface area contributed by atoms with Gasteiger partial charge in [-0.3, -0.25) is 9.59 Å². The van der Waals surface area contributed by atoms with Crippen LogP contribution in [0.25, 0.3) is 0 Å². The fourth-order valence-corrected chi connectivity index (χ4v) is 4.38. The van der Waals surface area contributed by atoms with E-state index in [-0.39, 0.29) is 17.4 Å². The third-order valence-electron chi connectivity index (χ3n) is 6.01. The van der Waals surface area contributed by atoms with Gasteiger partial charge < -0.3 is 9.47 Å². The van der Waals surface area contributed by atoms with E-state index in [1.807, 2.05) is 13.8 Å². The second-order valence-corrected chi connectivity index (χ2v) is 8.28. The van der Waals surface area contributed by atoms with Gasteiger partial charge in [0.05, 0.1) is 26.1 Å². The molecule has 0 unspecified atom stereocenters. The van der Waals surface area contributed by atoms with Crippen LogP contribution < -0.4 is 0 Å². The van der Waals surface area contributed by atoms with E-state index in [0.29, 0.717) is 32.0 Å². The average Bonchev–Trinajstić information content (AvgIpc) is 2.65. The van der Waals surface area contributed by atoms with Crippen molar-refractivity contribution >= 4 is 11.9 Å². The van der Waals surface area contributed by atoms with E-state index >= 15 is 0 Å². The van der Waals surface area contributed by atoms with Crippen molar-refractivity contribution < 1.29 is 19.1 Å². The zero-order valence-corrected chi connectivity index (χ0v) is 17.8. The number of carbonyl (C=O) groups excluding carboxylic acids is 2. The lowest BCUT2D eigenvalue weighted by molar-refractivity contribution is -0.151. The summed E-state index contributed by atoms with van der Waals surface area (Å²) in [7, 11) is 0. The van der Waals surface area contributed by atoms with Gasteiger partial charge in [-0.2, -0.15) is 0 Å². The predicted molar refractivity (Wildman–Crippen MR) is 111 cm³/mol. The highest BCUT2D eigenvalue weighted by atomic mass is 16.5. The van der Waals surface area contributed by atoms with Crippen LogP contribution in [0, 0.1) is 18.3 Å². The molecule has 0 spiro atoms. The van der Waals surface area contributed by atoms with E-state index in [9.17, 15) is 9.59 Å². The maximum absolute atomic E-state index is 12.1. The van der Waals surface area contributed by atoms with Gasteiger partial charge in [-0.25, -0.2) is 0 Å². The molecule has 0 bridgehead atoms. The lowest BCUT2D eigenvalue weighted by Crippen LogP contribution is -2.33. The van der Waals surface area contributed by atoms with Gasteiger partial charge in [0.2, 0.25) is 0 Å². The summed E-state index contributed by atoms with van der Waals surface area (Å²) in [5.41, 5.74) is 2.42. The molecule has 1 aliphatic rings. The number of carbonyl (C=O) groups is 2. The molecule has 0 heterocycles. The first-order chi connectivity index (χ1) is 13.5. The SMILES string of the molecule is CCOC(=O)CC1(CC(=O)OCC)CCC(CCCc2ccc(C)cc2)CC1. The first-order valence-corrected chi connectivity index (χ1v) is 10.8. The molecule has 1 fully saturated rings. The minimum absolute atomic E-state index is 0.190. The Bertz CT molecular complexity index is 590. The van der Waals surface area contributed by atoms with Crippen LogP contribution in [0.5, 0.6) is 0 Å². The van der Waals surface area contributed by atoms with E-state index in [1.54, 1.807) is 0 Å². The number of benzene rings is 1. The average molecular weight is 389 g/mol. The maximum Gasteiger partial charge on any atom is 0.306 e. The van der Waals surface area contributed by atoms with Crippen molar-refractivity contribution in [2.75, 3.05) is 13.2 Å². The second-order valence-electron chi connectivity index (χ2n) is 8.28. The number of hydrogen-bond donors (Lipinski definition) is 0. The normalized spacial score (nSPS) is 16.5. The number of rotatable bonds is 10. The number of aryl methyl sites for hydroxylation is 2. The van der Waals surface area contributed by atoms with E-state index in [4.69, 9.17) is 9.47 Å². The molecule has 0 N–H and O–H groups in total. The van der Waals surface area contributed by atoms with Crippen molar-refractivity contribution in [1.29, 1.82) is 0 Å². The smallest absolute Gasteiger partial charge is 0.306 e. The van der Waals surface area contributed by atoms with E-state index in [0.717, 1.165) is 32.1 Å². The van der Waals surface area contributed by atoms with Gasteiger partial charge in [0.25, 0.3) is 0 Å². The lowest BCUT2D eigenvalue weighted by Gasteiger charge is -2.39. The van der Waals surface area contributed by atoms with Crippen LogP contribution in [0.1, 0.15) is 76.3 Å². The molecule has 4 heteroatoms. The number of hydrogen-bond acceptors (Lipinski definition) is 4. The summed E-state index contributed by atoms with van der Waals surface area (Å²) in [4.78, 5) is 24.2. The highest BCUT2D eigenvalue weighted by Gasteiger charge is 2.39. The van der Waals surface area contributed by atoms with Gasteiger partial charge in [-0.05, 0) is 76.2 Å². The quantitative estimate of drug-likeness (QED) is 0.504. The topological polar surface area (TPSA) is 52.6 Å². The molecule has 1 aromatic carbocycles. The van der Waals surface area contributed by atoms with E-state index in [2.05, 4.69) is 31.2 Å². The van der Waals surface area contributed by atoms with Crippen LogP contribution in [0.15, 0.2) is 24.3 Å². The molecule has 0 aliphatic heterocycles. The van der Waals surface area contributed by atoms with Crippen LogP contribution in [0.2, 0.25) is 0 Å². The zero-order valence-electron chi connectivity index (χ0n) is 17.8. The first-order valence-electron chi connectivity index (χ1n) is 10.8. The maximum atomic E-state index is 12.1. The third-order valence-corrected chi connectivity index (χ3v) is 6.01. The van der Waals surface area contributed by atoms with Crippen molar-refractivity contribution in [2.45, 2.75) is 78.6 Å². The Morgan fingerprint density at radius 3 is 2.00 bits per heavy atom. The van der Waals surface area contributed by atoms with Gasteiger partial charge in [-0.15, -0.1) is 0 Å². The lowest BCUT2D eigenvalue weighted by atomic mass is 9.66. The van der Waals surface area contributed by atoms with Crippen LogP contribution in [0.3, 0.4) is 0 Å². The van der Waals surface area contributed by atoms with Crippen molar-refractivity contribution in [1.82, 2.24) is 0 Å². The van der Waals surface area contributed by atoms with E-state index in [1.165, 1.54) is 24.0 Å². The zero-order chi connectivity index (χ0) is 20.4. The largest absolute Gasteiger partial charge is 0.466 e. The van der Waals surface area contributed by atoms with Crippen LogP contribution >= 0.6 is 0 Å². The molecule has 1 aliphatic carbocycles. The van der Waals surface area contributed by atoms with Gasteiger partial charge in [0, 0.05) is 0 Å². The molecule has 0 radical (unpaired) electrons. The summed E-state index contributed by atoms with van der Waals surface area (Å²) in [6.45, 7) is 6.53. The summed E-state index contributed by atoms with van der Waals surface area (Å²) in [6, 6.07) is 8.80. The molecule has 0 atom stereocenters. The summed E-state index contributed by atoms with van der Waals surface area (Å²) < 4.78 is 10.3. The summed E-state index contributed by atoms with van der Waals surface area (Å²) in [6.07, 6.45) is 8.14. The number of ether oxygens (including phenoxy) is 2. The third kappa shape index (κ3) is 7.29. The molecular formula is C24H36O4. The molecule has 28 heavy (non-hydrogen) atoms. The molecule has 0 aromatic heterocycles. The van der Waals surface area contributed by atoms with Crippen molar-refractivity contribution in [3.05, 3.63) is 35.4 Å². The summed E-state index contributed by atoms with van der Waals surface area (Å²) >= 11 is 0. The van der Waals surface area contributed by atoms with Gasteiger partial charge >= 0.3 is 11.9 Å². The predicted octanol–water partition coefficient (Wildman–Crippen LogP) is 5.40. The highest BCUT2D eigenvalue weighted by Crippen LogP contribution is 2.46. The van der Waals surface area contributed by atoms with Gasteiger partial charge in [-0.1, -0.05) is 36.2 Å². The molecule has 0 amide bonds. The molecule has 1 aromatic rings. The van der Waals surface area contributed by atoms with Crippen molar-refractivity contribution in [3.63, 3.8) is 0 Å². The minimum atomic E-state index is -0.286. The van der Waals surface area contributed by atoms with Crippen LogP contribution in [-0.4, -0.2) is 25.2 Å². The van der Waals surface area contributed by atoms with Crippen LogP contribution in [0.4, 0.5) is 0 Å². The monoisotopic (exact) mass is 388 g/mol. The summed E-state index contributed by atoms with van der Waals surface area (Å²) in [5.74, 6) is 0.303. The van der Waals surface area contributed by atoms with Crippen molar-refractivity contribution in [3.8, 4) is 0 Å². The second kappa shape index (κ2) is 11.2. The minimum Gasteiger partial charge on any atom is -0.466 e. The van der Waals surface area contributed by atoms with Crippen LogP contribution in [-0.2, 0) is 25.5 Å². The Morgan fingerprint density at radius 2 is 1.50 bits per heavy atom. The molecule has 156 valence electrons. The fraction of sp³-hybridized carbons (Fsp3) is 0.667. The Hall–Kier alpha value is -1.84. The molecule has 2 rings (SSSR count). The molecule has 0 saturated heterocycles. The first kappa shape index (κ1) is 22.4. The standard InChI is InChI=1S/C24H36O4/c1-4-27-22(25)17-24(18-23(26)28-5-2)15-13-21(14-16-24)8-6-7-20-11-9-19(3)10-12-20/h9-12,21H,4-8,13-18H2,1-3H3. The van der Waals surface area contributed by atoms with Gasteiger partial charge in [0.15, 0.2) is 0 Å². The highest BCUT2D eigenvalue weighted by molar-refractivity contribution is 5.74. The van der Waals surface area contributed by atoms with E-state index < -0.39 is 0 Å². The Kier molecular flexibility index (Phi) is 9.01. The fourth-order valence-electron chi connectivity index (χ4n) is 4.38. The summed E-state index contributed by atoms with van der Waals surface area (Å²) in [5, 5.41) is 0. The molecule has 1 saturated carbocycles. The molecular weight excluding hydrogens is 352 g/mol. The molecule has 4 nitrogen and oxygen atoms in total. The Balaban J connectivity index is 1.84. The Morgan fingerprint density at radius 1 is 0.964 bits per heavy atom. The Labute approximate surface area is 170 Å². The van der Waals surface area contributed by atoms with Crippen molar-refractivity contribution in [2.24, 2.45) is 11.3 Å². The number of esters is 2.